The van der Waals surface area contributed by atoms with Crippen LogP contribution in [0.25, 0.3) is 6.08 Å². The van der Waals surface area contributed by atoms with E-state index in [0.29, 0.717) is 22.0 Å². The normalized spacial score (nSPS) is 10.5. The third-order valence-electron chi connectivity index (χ3n) is 2.56. The lowest BCUT2D eigenvalue weighted by Gasteiger charge is -2.04. The van der Waals surface area contributed by atoms with E-state index in [9.17, 15) is 9.59 Å². The molecule has 0 radical (unpaired) electrons. The maximum absolute atomic E-state index is 12.0. The molecule has 0 aliphatic heterocycles. The quantitative estimate of drug-likeness (QED) is 0.851. The van der Waals surface area contributed by atoms with Gasteiger partial charge in [0.2, 0.25) is 0 Å². The van der Waals surface area contributed by atoms with E-state index in [1.54, 1.807) is 36.4 Å². The number of carbonyl (C=O) groups excluding carboxylic acids is 1. The molecule has 0 aliphatic carbocycles. The van der Waals surface area contributed by atoms with E-state index in [4.69, 9.17) is 16.7 Å². The van der Waals surface area contributed by atoms with Crippen LogP contribution in [0.1, 0.15) is 15.9 Å². The number of aromatic nitrogens is 1. The van der Waals surface area contributed by atoms with E-state index in [1.165, 1.54) is 12.3 Å². The number of hydrogen-bond donors (Lipinski definition) is 2. The first kappa shape index (κ1) is 14.7. The van der Waals surface area contributed by atoms with Crippen LogP contribution in [0.5, 0.6) is 0 Å². The summed E-state index contributed by atoms with van der Waals surface area (Å²) in [6, 6.07) is 9.75. The Morgan fingerprint density at radius 3 is 2.43 bits per heavy atom. The number of benzene rings is 1. The van der Waals surface area contributed by atoms with Crippen LogP contribution < -0.4 is 5.32 Å². The molecular weight excluding hydrogens is 292 g/mol. The van der Waals surface area contributed by atoms with E-state index in [-0.39, 0.29) is 5.91 Å². The van der Waals surface area contributed by atoms with Crippen LogP contribution in [0, 0.1) is 0 Å². The molecule has 0 unspecified atom stereocenters. The van der Waals surface area contributed by atoms with Gasteiger partial charge in [0.15, 0.2) is 0 Å². The Hall–Kier alpha value is -2.66. The van der Waals surface area contributed by atoms with Crippen LogP contribution in [0.3, 0.4) is 0 Å². The van der Waals surface area contributed by atoms with Gasteiger partial charge in [-0.3, -0.25) is 4.79 Å². The van der Waals surface area contributed by atoms with Crippen LogP contribution in [-0.4, -0.2) is 22.0 Å². The average molecular weight is 303 g/mol. The molecule has 1 amide bonds. The van der Waals surface area contributed by atoms with Crippen molar-refractivity contribution in [1.82, 2.24) is 4.98 Å². The molecule has 1 aromatic heterocycles. The van der Waals surface area contributed by atoms with Crippen molar-refractivity contribution in [3.8, 4) is 0 Å². The van der Waals surface area contributed by atoms with Gasteiger partial charge in [0, 0.05) is 17.8 Å². The van der Waals surface area contributed by atoms with Crippen LogP contribution in [-0.2, 0) is 4.79 Å². The lowest BCUT2D eigenvalue weighted by Crippen LogP contribution is -2.12. The molecule has 0 spiro atoms. The highest BCUT2D eigenvalue weighted by atomic mass is 35.5. The second-order valence-electron chi connectivity index (χ2n) is 4.11. The van der Waals surface area contributed by atoms with Gasteiger partial charge in [0.1, 0.15) is 5.82 Å². The molecule has 0 fully saturated rings. The van der Waals surface area contributed by atoms with Crippen LogP contribution in [0.2, 0.25) is 5.02 Å². The van der Waals surface area contributed by atoms with E-state index < -0.39 is 5.97 Å². The molecule has 2 rings (SSSR count). The third kappa shape index (κ3) is 4.43. The standard InChI is InChI=1S/C15H11ClN2O3/c16-12-6-7-13(17-9-12)18-15(21)11-4-1-10(2-5-11)3-8-14(19)20/h1-9H,(H,19,20)(H,17,18,21). The summed E-state index contributed by atoms with van der Waals surface area (Å²) in [4.78, 5) is 26.4. The highest BCUT2D eigenvalue weighted by Gasteiger charge is 2.06. The maximum atomic E-state index is 12.0. The van der Waals surface area contributed by atoms with Gasteiger partial charge in [-0.1, -0.05) is 23.7 Å². The molecule has 0 bridgehead atoms. The second-order valence-corrected chi connectivity index (χ2v) is 4.55. The molecule has 0 saturated heterocycles. The van der Waals surface area contributed by atoms with Gasteiger partial charge in [-0.25, -0.2) is 9.78 Å². The van der Waals surface area contributed by atoms with Crippen LogP contribution in [0.4, 0.5) is 5.82 Å². The number of halogens is 1. The minimum absolute atomic E-state index is 0.307. The highest BCUT2D eigenvalue weighted by Crippen LogP contribution is 2.12. The Bertz CT molecular complexity index is 679. The fraction of sp³-hybridized carbons (Fsp3) is 0. The molecule has 0 atom stereocenters. The topological polar surface area (TPSA) is 79.3 Å². The minimum atomic E-state index is -1.02. The first-order valence-corrected chi connectivity index (χ1v) is 6.36. The summed E-state index contributed by atoms with van der Waals surface area (Å²) in [5.41, 5.74) is 1.14. The zero-order chi connectivity index (χ0) is 15.2. The first-order valence-electron chi connectivity index (χ1n) is 5.98. The Labute approximate surface area is 125 Å². The Kier molecular flexibility index (Phi) is 4.68. The highest BCUT2D eigenvalue weighted by molar-refractivity contribution is 6.30. The molecule has 6 heteroatoms. The van der Waals surface area contributed by atoms with Crippen molar-refractivity contribution in [1.29, 1.82) is 0 Å². The van der Waals surface area contributed by atoms with Gasteiger partial charge in [0.05, 0.1) is 5.02 Å². The number of carboxylic acids is 1. The molecule has 0 saturated carbocycles. The van der Waals surface area contributed by atoms with Gasteiger partial charge in [-0.2, -0.15) is 0 Å². The van der Waals surface area contributed by atoms with Gasteiger partial charge in [-0.15, -0.1) is 0 Å². The second kappa shape index (κ2) is 6.67. The zero-order valence-corrected chi connectivity index (χ0v) is 11.5. The van der Waals surface area contributed by atoms with Gasteiger partial charge >= 0.3 is 5.97 Å². The van der Waals surface area contributed by atoms with Crippen LogP contribution >= 0.6 is 11.6 Å². The summed E-state index contributed by atoms with van der Waals surface area (Å²) in [6.45, 7) is 0. The lowest BCUT2D eigenvalue weighted by molar-refractivity contribution is -0.131. The smallest absolute Gasteiger partial charge is 0.328 e. The number of hydrogen-bond acceptors (Lipinski definition) is 3. The van der Waals surface area contributed by atoms with Gasteiger partial charge < -0.3 is 10.4 Å². The number of nitrogens with zero attached hydrogens (tertiary/aromatic N) is 1. The van der Waals surface area contributed by atoms with E-state index in [1.807, 2.05) is 0 Å². The average Bonchev–Trinajstić information content (AvgIpc) is 2.48. The SMILES string of the molecule is O=C(O)C=Cc1ccc(C(=O)Nc2ccc(Cl)cn2)cc1. The molecular formula is C15H11ClN2O3. The molecule has 2 aromatic rings. The fourth-order valence-electron chi connectivity index (χ4n) is 1.55. The fourth-order valence-corrected chi connectivity index (χ4v) is 1.66. The van der Waals surface area contributed by atoms with E-state index in [2.05, 4.69) is 10.3 Å². The van der Waals surface area contributed by atoms with Crippen molar-refractivity contribution in [3.05, 3.63) is 64.8 Å². The van der Waals surface area contributed by atoms with Crippen molar-refractivity contribution in [2.75, 3.05) is 5.32 Å². The number of nitrogens with one attached hydrogen (secondary N) is 1. The van der Waals surface area contributed by atoms with Crippen molar-refractivity contribution >= 4 is 35.4 Å². The number of anilines is 1. The predicted molar refractivity (Wildman–Crippen MR) is 80.3 cm³/mol. The molecule has 1 heterocycles. The lowest BCUT2D eigenvalue weighted by atomic mass is 10.1. The minimum Gasteiger partial charge on any atom is -0.478 e. The summed E-state index contributed by atoms with van der Waals surface area (Å²) in [5, 5.41) is 11.7. The predicted octanol–water partition coefficient (Wildman–Crippen LogP) is 3.09. The summed E-state index contributed by atoms with van der Waals surface area (Å²) >= 11 is 5.71. The van der Waals surface area contributed by atoms with E-state index in [0.717, 1.165) is 6.08 Å². The number of amides is 1. The van der Waals surface area contributed by atoms with Crippen molar-refractivity contribution in [3.63, 3.8) is 0 Å². The van der Waals surface area contributed by atoms with Crippen molar-refractivity contribution in [2.45, 2.75) is 0 Å². The summed E-state index contributed by atoms with van der Waals surface area (Å²) in [6.07, 6.45) is 3.93. The first-order chi connectivity index (χ1) is 10.0. The number of carbonyl (C=O) groups is 2. The number of carboxylic acid groups (broad SMARTS) is 1. The molecule has 1 aromatic carbocycles. The largest absolute Gasteiger partial charge is 0.478 e. The Morgan fingerprint density at radius 2 is 1.86 bits per heavy atom. The molecule has 5 nitrogen and oxygen atoms in total. The molecule has 21 heavy (non-hydrogen) atoms. The number of rotatable bonds is 4. The number of pyridine rings is 1. The Balaban J connectivity index is 2.06. The third-order valence-corrected chi connectivity index (χ3v) is 2.78. The summed E-state index contributed by atoms with van der Waals surface area (Å²) in [5.74, 6) is -0.927. The zero-order valence-electron chi connectivity index (χ0n) is 10.8. The summed E-state index contributed by atoms with van der Waals surface area (Å²) in [7, 11) is 0. The van der Waals surface area contributed by atoms with Gasteiger partial charge in [0.25, 0.3) is 5.91 Å². The summed E-state index contributed by atoms with van der Waals surface area (Å²) < 4.78 is 0. The maximum Gasteiger partial charge on any atom is 0.328 e. The van der Waals surface area contributed by atoms with Crippen molar-refractivity contribution in [2.24, 2.45) is 0 Å². The van der Waals surface area contributed by atoms with Crippen molar-refractivity contribution < 1.29 is 14.7 Å². The van der Waals surface area contributed by atoms with E-state index >= 15 is 0 Å². The molecule has 0 aliphatic rings. The van der Waals surface area contributed by atoms with Gasteiger partial charge in [-0.05, 0) is 35.9 Å². The molecule has 106 valence electrons. The van der Waals surface area contributed by atoms with Crippen LogP contribution in [0.15, 0.2) is 48.7 Å². The molecule has 2 N–H and O–H groups in total. The monoisotopic (exact) mass is 302 g/mol. The number of aliphatic carboxylic acids is 1. The Morgan fingerprint density at radius 1 is 1.14 bits per heavy atom.